The maximum absolute atomic E-state index is 13.9. The van der Waals surface area contributed by atoms with Gasteiger partial charge in [0.25, 0.3) is 0 Å². The number of methoxy groups -OCH3 is 1. The molecule has 0 amide bonds. The molecule has 4 heteroatoms. The fourth-order valence-electron chi connectivity index (χ4n) is 3.03. The Balaban J connectivity index is 2.30. The van der Waals surface area contributed by atoms with Gasteiger partial charge in [0, 0.05) is 12.7 Å². The molecule has 0 spiro atoms. The number of hydrogen-bond donors (Lipinski definition) is 1. The van der Waals surface area contributed by atoms with E-state index in [0.717, 1.165) is 37.8 Å². The van der Waals surface area contributed by atoms with Crippen molar-refractivity contribution < 1.29 is 13.5 Å². The van der Waals surface area contributed by atoms with E-state index < -0.39 is 23.3 Å². The number of benzene rings is 1. The monoisotopic (exact) mass is 283 g/mol. The predicted octanol–water partition coefficient (Wildman–Crippen LogP) is 3.95. The minimum Gasteiger partial charge on any atom is -0.376 e. The summed E-state index contributed by atoms with van der Waals surface area (Å²) in [5, 5.41) is 0. The van der Waals surface area contributed by atoms with Crippen molar-refractivity contribution in [2.75, 3.05) is 7.11 Å². The lowest BCUT2D eigenvalue weighted by Gasteiger charge is -2.46. The first-order valence-electron chi connectivity index (χ1n) is 7.05. The van der Waals surface area contributed by atoms with Crippen LogP contribution >= 0.6 is 0 Å². The van der Waals surface area contributed by atoms with Crippen LogP contribution < -0.4 is 5.73 Å². The van der Waals surface area contributed by atoms with E-state index in [2.05, 4.69) is 13.8 Å². The number of halogens is 2. The van der Waals surface area contributed by atoms with Crippen LogP contribution in [0.3, 0.4) is 0 Å². The van der Waals surface area contributed by atoms with Crippen LogP contribution in [0, 0.1) is 17.0 Å². The number of nitrogens with two attached hydrogens (primary N) is 1. The standard InChI is InChI=1S/C16H23F2NO/c1-15(2)6-8-16(20-3,9-7-15)14(19)12-10-11(17)4-5-13(12)18/h4-5,10,14H,6-9,19H2,1-3H3. The fraction of sp³-hybridized carbons (Fsp3) is 0.625. The second-order valence-corrected chi connectivity index (χ2v) is 6.58. The van der Waals surface area contributed by atoms with Crippen LogP contribution in [-0.2, 0) is 4.74 Å². The van der Waals surface area contributed by atoms with Gasteiger partial charge in [-0.05, 0) is 49.3 Å². The second-order valence-electron chi connectivity index (χ2n) is 6.58. The Bertz CT molecular complexity index is 477. The second kappa shape index (κ2) is 5.41. The highest BCUT2D eigenvalue weighted by Gasteiger charge is 2.44. The van der Waals surface area contributed by atoms with E-state index in [9.17, 15) is 8.78 Å². The molecule has 1 aliphatic rings. The van der Waals surface area contributed by atoms with Gasteiger partial charge in [0.15, 0.2) is 0 Å². The molecule has 0 heterocycles. The zero-order valence-electron chi connectivity index (χ0n) is 12.4. The van der Waals surface area contributed by atoms with Crippen molar-refractivity contribution in [2.45, 2.75) is 51.2 Å². The van der Waals surface area contributed by atoms with E-state index >= 15 is 0 Å². The van der Waals surface area contributed by atoms with Gasteiger partial charge >= 0.3 is 0 Å². The van der Waals surface area contributed by atoms with Gasteiger partial charge in [0.2, 0.25) is 0 Å². The summed E-state index contributed by atoms with van der Waals surface area (Å²) in [7, 11) is 1.61. The van der Waals surface area contributed by atoms with E-state index in [1.165, 1.54) is 6.07 Å². The van der Waals surface area contributed by atoms with E-state index in [1.54, 1.807) is 7.11 Å². The first kappa shape index (κ1) is 15.4. The minimum atomic E-state index is -0.653. The first-order valence-corrected chi connectivity index (χ1v) is 7.05. The molecule has 1 aliphatic carbocycles. The Kier molecular flexibility index (Phi) is 4.17. The van der Waals surface area contributed by atoms with Gasteiger partial charge < -0.3 is 10.5 Å². The zero-order valence-corrected chi connectivity index (χ0v) is 12.4. The van der Waals surface area contributed by atoms with E-state index in [4.69, 9.17) is 10.5 Å². The molecule has 1 fully saturated rings. The number of ether oxygens (including phenoxy) is 1. The number of hydrogen-bond acceptors (Lipinski definition) is 2. The Hall–Kier alpha value is -1.00. The summed E-state index contributed by atoms with van der Waals surface area (Å²) in [4.78, 5) is 0. The van der Waals surface area contributed by atoms with E-state index in [-0.39, 0.29) is 11.0 Å². The molecule has 0 aromatic heterocycles. The summed E-state index contributed by atoms with van der Waals surface area (Å²) in [6.45, 7) is 4.42. The maximum atomic E-state index is 13.9. The summed E-state index contributed by atoms with van der Waals surface area (Å²) in [5.41, 5.74) is 6.09. The van der Waals surface area contributed by atoms with Crippen LogP contribution in [-0.4, -0.2) is 12.7 Å². The van der Waals surface area contributed by atoms with Gasteiger partial charge in [-0.15, -0.1) is 0 Å². The summed E-state index contributed by atoms with van der Waals surface area (Å²) >= 11 is 0. The lowest BCUT2D eigenvalue weighted by Crippen LogP contribution is -2.47. The van der Waals surface area contributed by atoms with Crippen molar-refractivity contribution in [3.8, 4) is 0 Å². The Labute approximate surface area is 119 Å². The van der Waals surface area contributed by atoms with Gasteiger partial charge in [0.1, 0.15) is 11.6 Å². The van der Waals surface area contributed by atoms with Crippen molar-refractivity contribution in [3.05, 3.63) is 35.4 Å². The molecule has 2 N–H and O–H groups in total. The number of rotatable bonds is 3. The Morgan fingerprint density at radius 1 is 1.15 bits per heavy atom. The average molecular weight is 283 g/mol. The predicted molar refractivity (Wildman–Crippen MR) is 75.3 cm³/mol. The first-order chi connectivity index (χ1) is 9.30. The van der Waals surface area contributed by atoms with Crippen LogP contribution in [0.1, 0.15) is 51.1 Å². The molecule has 0 radical (unpaired) electrons. The normalized spacial score (nSPS) is 22.5. The van der Waals surface area contributed by atoms with Crippen molar-refractivity contribution in [1.82, 2.24) is 0 Å². The fourth-order valence-corrected chi connectivity index (χ4v) is 3.03. The lowest BCUT2D eigenvalue weighted by atomic mass is 9.67. The molecule has 2 rings (SSSR count). The van der Waals surface area contributed by atoms with Gasteiger partial charge in [-0.2, -0.15) is 0 Å². The van der Waals surface area contributed by atoms with E-state index in [0.29, 0.717) is 0 Å². The quantitative estimate of drug-likeness (QED) is 0.911. The highest BCUT2D eigenvalue weighted by atomic mass is 19.1. The van der Waals surface area contributed by atoms with Crippen molar-refractivity contribution in [3.63, 3.8) is 0 Å². The highest BCUT2D eigenvalue weighted by molar-refractivity contribution is 5.25. The van der Waals surface area contributed by atoms with Crippen molar-refractivity contribution in [2.24, 2.45) is 11.1 Å². The third-order valence-electron chi connectivity index (χ3n) is 4.72. The molecule has 1 aromatic carbocycles. The minimum absolute atomic E-state index is 0.201. The summed E-state index contributed by atoms with van der Waals surface area (Å²) in [6, 6.07) is 2.76. The smallest absolute Gasteiger partial charge is 0.128 e. The molecule has 1 atom stereocenters. The summed E-state index contributed by atoms with van der Waals surface area (Å²) in [6.07, 6.45) is 3.44. The van der Waals surface area contributed by atoms with E-state index in [1.807, 2.05) is 0 Å². The summed E-state index contributed by atoms with van der Waals surface area (Å²) < 4.78 is 33.0. The molecule has 1 saturated carbocycles. The summed E-state index contributed by atoms with van der Waals surface area (Å²) in [5.74, 6) is -0.945. The van der Waals surface area contributed by atoms with Gasteiger partial charge in [-0.3, -0.25) is 0 Å². The topological polar surface area (TPSA) is 35.2 Å². The molecular weight excluding hydrogens is 260 g/mol. The third kappa shape index (κ3) is 2.86. The van der Waals surface area contributed by atoms with Crippen LogP contribution in [0.25, 0.3) is 0 Å². The van der Waals surface area contributed by atoms with Crippen LogP contribution in [0.15, 0.2) is 18.2 Å². The largest absolute Gasteiger partial charge is 0.376 e. The molecule has 1 unspecified atom stereocenters. The van der Waals surface area contributed by atoms with Gasteiger partial charge in [-0.25, -0.2) is 8.78 Å². The SMILES string of the molecule is COC1(C(N)c2cc(F)ccc2F)CCC(C)(C)CC1. The molecule has 2 nitrogen and oxygen atoms in total. The average Bonchev–Trinajstić information content (AvgIpc) is 2.41. The van der Waals surface area contributed by atoms with Gasteiger partial charge in [-0.1, -0.05) is 13.8 Å². The molecule has 1 aromatic rings. The molecule has 0 saturated heterocycles. The van der Waals surface area contributed by atoms with Crippen molar-refractivity contribution in [1.29, 1.82) is 0 Å². The molecular formula is C16H23F2NO. The van der Waals surface area contributed by atoms with Crippen LogP contribution in [0.2, 0.25) is 0 Å². The molecule has 112 valence electrons. The lowest BCUT2D eigenvalue weighted by molar-refractivity contribution is -0.0800. The molecule has 0 bridgehead atoms. The van der Waals surface area contributed by atoms with Crippen LogP contribution in [0.5, 0.6) is 0 Å². The highest BCUT2D eigenvalue weighted by Crippen LogP contribution is 2.46. The van der Waals surface area contributed by atoms with Gasteiger partial charge in [0.05, 0.1) is 11.6 Å². The Morgan fingerprint density at radius 3 is 2.30 bits per heavy atom. The third-order valence-corrected chi connectivity index (χ3v) is 4.72. The molecule has 0 aliphatic heterocycles. The van der Waals surface area contributed by atoms with Crippen LogP contribution in [0.4, 0.5) is 8.78 Å². The maximum Gasteiger partial charge on any atom is 0.128 e. The molecule has 20 heavy (non-hydrogen) atoms. The Morgan fingerprint density at radius 2 is 1.75 bits per heavy atom. The zero-order chi connectivity index (χ0) is 15.0. The van der Waals surface area contributed by atoms with Crippen molar-refractivity contribution >= 4 is 0 Å².